The van der Waals surface area contributed by atoms with E-state index in [-0.39, 0.29) is 30.1 Å². The van der Waals surface area contributed by atoms with Crippen molar-refractivity contribution in [2.24, 2.45) is 7.05 Å². The highest BCUT2D eigenvalue weighted by Gasteiger charge is 2.41. The van der Waals surface area contributed by atoms with Crippen LogP contribution in [0.5, 0.6) is 5.88 Å². The van der Waals surface area contributed by atoms with Crippen LogP contribution < -0.4 is 10.1 Å². The van der Waals surface area contributed by atoms with Gasteiger partial charge in [-0.3, -0.25) is 0 Å². The lowest BCUT2D eigenvalue weighted by Gasteiger charge is -2.30. The van der Waals surface area contributed by atoms with Crippen molar-refractivity contribution in [2.75, 3.05) is 0 Å². The SMILES string of the molecule is Cn1nc(C(F)(F)F)c2c1O[C@H]1CCCC[C@@H]1NC2. The molecule has 0 saturated heterocycles. The summed E-state index contributed by atoms with van der Waals surface area (Å²) in [5.74, 6) is 0.259. The van der Waals surface area contributed by atoms with Crippen LogP contribution in [0.3, 0.4) is 0 Å². The Kier molecular flexibility index (Phi) is 2.96. The minimum Gasteiger partial charge on any atom is -0.473 e. The van der Waals surface area contributed by atoms with Gasteiger partial charge in [-0.1, -0.05) is 6.42 Å². The van der Waals surface area contributed by atoms with E-state index in [1.807, 2.05) is 0 Å². The molecule has 1 aliphatic carbocycles. The zero-order valence-corrected chi connectivity index (χ0v) is 10.6. The van der Waals surface area contributed by atoms with E-state index in [4.69, 9.17) is 4.74 Å². The molecule has 2 heterocycles. The number of ether oxygens (including phenoxy) is 1. The second-order valence-electron chi connectivity index (χ2n) is 5.18. The first-order valence-corrected chi connectivity index (χ1v) is 6.50. The second kappa shape index (κ2) is 4.40. The monoisotopic (exact) mass is 275 g/mol. The number of halogens is 3. The molecule has 0 amide bonds. The predicted octanol–water partition coefficient (Wildman–Crippen LogP) is 2.23. The van der Waals surface area contributed by atoms with Crippen LogP contribution in [0.25, 0.3) is 0 Å². The first-order valence-electron chi connectivity index (χ1n) is 6.50. The number of nitrogens with zero attached hydrogens (tertiary/aromatic N) is 2. The number of aromatic nitrogens is 2. The zero-order valence-electron chi connectivity index (χ0n) is 10.6. The number of alkyl halides is 3. The third-order valence-electron chi connectivity index (χ3n) is 3.86. The van der Waals surface area contributed by atoms with Gasteiger partial charge in [-0.25, -0.2) is 4.68 Å². The van der Waals surface area contributed by atoms with E-state index in [0.717, 1.165) is 25.7 Å². The van der Waals surface area contributed by atoms with Gasteiger partial charge in [0.05, 0.1) is 5.56 Å². The first-order chi connectivity index (χ1) is 8.97. The Morgan fingerprint density at radius 2 is 2.05 bits per heavy atom. The minimum atomic E-state index is -4.44. The summed E-state index contributed by atoms with van der Waals surface area (Å²) >= 11 is 0. The average Bonchev–Trinajstić information content (AvgIpc) is 2.57. The van der Waals surface area contributed by atoms with Crippen LogP contribution in [-0.2, 0) is 19.8 Å². The van der Waals surface area contributed by atoms with Gasteiger partial charge in [-0.2, -0.15) is 18.3 Å². The highest BCUT2D eigenvalue weighted by molar-refractivity contribution is 5.34. The molecule has 19 heavy (non-hydrogen) atoms. The molecule has 4 nitrogen and oxygen atoms in total. The van der Waals surface area contributed by atoms with Crippen LogP contribution in [0.4, 0.5) is 13.2 Å². The lowest BCUT2D eigenvalue weighted by molar-refractivity contribution is -0.142. The van der Waals surface area contributed by atoms with Crippen molar-refractivity contribution in [3.8, 4) is 5.88 Å². The summed E-state index contributed by atoms with van der Waals surface area (Å²) < 4.78 is 45.8. The summed E-state index contributed by atoms with van der Waals surface area (Å²) in [5, 5.41) is 6.76. The molecule has 2 atom stereocenters. The van der Waals surface area contributed by atoms with Crippen LogP contribution in [0.15, 0.2) is 0 Å². The molecule has 1 aromatic rings. The summed E-state index contributed by atoms with van der Waals surface area (Å²) in [5.41, 5.74) is -0.708. The van der Waals surface area contributed by atoms with Gasteiger partial charge in [0.1, 0.15) is 6.10 Å². The molecular weight excluding hydrogens is 259 g/mol. The molecule has 0 radical (unpaired) electrons. The fourth-order valence-electron chi connectivity index (χ4n) is 2.93. The maximum atomic E-state index is 12.9. The number of hydrogen-bond donors (Lipinski definition) is 1. The molecule has 1 aliphatic heterocycles. The van der Waals surface area contributed by atoms with Gasteiger partial charge >= 0.3 is 6.18 Å². The van der Waals surface area contributed by atoms with Crippen LogP contribution in [-0.4, -0.2) is 21.9 Å². The number of nitrogens with one attached hydrogen (secondary N) is 1. The second-order valence-corrected chi connectivity index (χ2v) is 5.18. The zero-order chi connectivity index (χ0) is 13.6. The first kappa shape index (κ1) is 12.8. The Balaban J connectivity index is 1.98. The van der Waals surface area contributed by atoms with E-state index in [9.17, 15) is 13.2 Å². The summed E-state index contributed by atoms with van der Waals surface area (Å²) in [6.45, 7) is 0.166. The number of aryl methyl sites for hydroxylation is 1. The smallest absolute Gasteiger partial charge is 0.435 e. The summed E-state index contributed by atoms with van der Waals surface area (Å²) in [6, 6.07) is 0.141. The van der Waals surface area contributed by atoms with Crippen molar-refractivity contribution < 1.29 is 17.9 Å². The molecule has 1 fully saturated rings. The third kappa shape index (κ3) is 2.20. The van der Waals surface area contributed by atoms with Crippen LogP contribution in [0.1, 0.15) is 36.9 Å². The highest BCUT2D eigenvalue weighted by atomic mass is 19.4. The number of rotatable bonds is 0. The topological polar surface area (TPSA) is 39.1 Å². The van der Waals surface area contributed by atoms with Crippen LogP contribution >= 0.6 is 0 Å². The van der Waals surface area contributed by atoms with E-state index in [2.05, 4.69) is 10.4 Å². The molecule has 3 rings (SSSR count). The molecule has 106 valence electrons. The molecule has 0 spiro atoms. The lowest BCUT2D eigenvalue weighted by atomic mass is 9.92. The van der Waals surface area contributed by atoms with E-state index >= 15 is 0 Å². The summed E-state index contributed by atoms with van der Waals surface area (Å²) in [7, 11) is 1.50. The number of fused-ring (bicyclic) bond motifs is 2. The molecule has 0 unspecified atom stereocenters. The quantitative estimate of drug-likeness (QED) is 0.789. The van der Waals surface area contributed by atoms with Crippen molar-refractivity contribution in [3.63, 3.8) is 0 Å². The van der Waals surface area contributed by atoms with Gasteiger partial charge in [0.25, 0.3) is 0 Å². The fourth-order valence-corrected chi connectivity index (χ4v) is 2.93. The molecule has 1 N–H and O–H groups in total. The highest BCUT2D eigenvalue weighted by Crippen LogP contribution is 2.38. The molecule has 1 aromatic heterocycles. The van der Waals surface area contributed by atoms with Gasteiger partial charge < -0.3 is 10.1 Å². The summed E-state index contributed by atoms with van der Waals surface area (Å²) in [4.78, 5) is 0. The van der Waals surface area contributed by atoms with Gasteiger partial charge in [0.2, 0.25) is 5.88 Å². The van der Waals surface area contributed by atoms with E-state index < -0.39 is 11.9 Å². The largest absolute Gasteiger partial charge is 0.473 e. The maximum absolute atomic E-state index is 12.9. The Morgan fingerprint density at radius 1 is 1.32 bits per heavy atom. The molecule has 2 aliphatic rings. The molecule has 0 aromatic carbocycles. The number of hydrogen-bond acceptors (Lipinski definition) is 3. The van der Waals surface area contributed by atoms with Crippen molar-refractivity contribution in [1.29, 1.82) is 0 Å². The van der Waals surface area contributed by atoms with Crippen molar-refractivity contribution >= 4 is 0 Å². The fraction of sp³-hybridized carbons (Fsp3) is 0.750. The van der Waals surface area contributed by atoms with Gasteiger partial charge in [0, 0.05) is 19.6 Å². The Labute approximate surface area is 108 Å². The van der Waals surface area contributed by atoms with Gasteiger partial charge in [0.15, 0.2) is 5.69 Å². The predicted molar refractivity (Wildman–Crippen MR) is 61.7 cm³/mol. The summed E-state index contributed by atoms with van der Waals surface area (Å²) in [6.07, 6.45) is -0.505. The van der Waals surface area contributed by atoms with E-state index in [1.54, 1.807) is 0 Å². The third-order valence-corrected chi connectivity index (χ3v) is 3.86. The molecule has 1 saturated carbocycles. The molecular formula is C12H16F3N3O. The normalized spacial score (nSPS) is 27.2. The minimum absolute atomic E-state index is 0.0496. The van der Waals surface area contributed by atoms with Gasteiger partial charge in [-0.05, 0) is 19.3 Å². The standard InChI is InChI=1S/C12H16F3N3O/c1-18-11-7(10(17-18)12(13,14)15)6-16-8-4-2-3-5-9(8)19-11/h8-9,16H,2-6H2,1H3/t8-,9-/m0/s1. The van der Waals surface area contributed by atoms with E-state index in [0.29, 0.717) is 0 Å². The van der Waals surface area contributed by atoms with Crippen molar-refractivity contribution in [1.82, 2.24) is 15.1 Å². The Morgan fingerprint density at radius 3 is 2.79 bits per heavy atom. The Hall–Kier alpha value is -1.24. The van der Waals surface area contributed by atoms with Gasteiger partial charge in [-0.15, -0.1) is 0 Å². The van der Waals surface area contributed by atoms with E-state index in [1.165, 1.54) is 11.7 Å². The van der Waals surface area contributed by atoms with Crippen molar-refractivity contribution in [2.45, 2.75) is 50.6 Å². The van der Waals surface area contributed by atoms with Crippen LogP contribution in [0.2, 0.25) is 0 Å². The molecule has 7 heteroatoms. The average molecular weight is 275 g/mol. The van der Waals surface area contributed by atoms with Crippen molar-refractivity contribution in [3.05, 3.63) is 11.3 Å². The Bertz CT molecular complexity index is 483. The van der Waals surface area contributed by atoms with Crippen LogP contribution in [0, 0.1) is 0 Å². The molecule has 0 bridgehead atoms. The maximum Gasteiger partial charge on any atom is 0.435 e. The lowest BCUT2D eigenvalue weighted by Crippen LogP contribution is -2.43.